The second kappa shape index (κ2) is 5.87. The summed E-state index contributed by atoms with van der Waals surface area (Å²) in [5.41, 5.74) is 0.917. The summed E-state index contributed by atoms with van der Waals surface area (Å²) in [6.45, 7) is 3.78. The molecule has 0 aromatic rings. The lowest BCUT2D eigenvalue weighted by molar-refractivity contribution is -0.144. The first-order valence-electron chi connectivity index (χ1n) is 7.22. The van der Waals surface area contributed by atoms with Crippen molar-refractivity contribution in [1.29, 1.82) is 0 Å². The van der Waals surface area contributed by atoms with E-state index in [0.717, 1.165) is 12.8 Å². The fourth-order valence-electron chi connectivity index (χ4n) is 3.69. The molecule has 6 nitrogen and oxygen atoms in total. The van der Waals surface area contributed by atoms with E-state index >= 15 is 0 Å². The summed E-state index contributed by atoms with van der Waals surface area (Å²) in [5, 5.41) is 14.3. The van der Waals surface area contributed by atoms with E-state index in [9.17, 15) is 14.4 Å². The first kappa shape index (κ1) is 15.5. The Morgan fingerprint density at radius 2 is 2.10 bits per heavy atom. The van der Waals surface area contributed by atoms with Gasteiger partial charge in [-0.1, -0.05) is 11.6 Å². The molecule has 21 heavy (non-hydrogen) atoms. The van der Waals surface area contributed by atoms with Gasteiger partial charge in [0.05, 0.1) is 13.0 Å². The number of hydrogen-bond donors (Lipinski definition) is 3. The molecule has 1 fully saturated rings. The SMILES string of the molecule is CC(=O)CNC(=O)NCC1(CC(=O)O)CC2CC(C)=CC21. The monoisotopic (exact) mass is 294 g/mol. The molecule has 3 unspecified atom stereocenters. The van der Waals surface area contributed by atoms with Gasteiger partial charge in [-0.15, -0.1) is 0 Å². The van der Waals surface area contributed by atoms with Crippen molar-refractivity contribution < 1.29 is 19.5 Å². The average molecular weight is 294 g/mol. The van der Waals surface area contributed by atoms with Crippen molar-refractivity contribution in [3.63, 3.8) is 0 Å². The van der Waals surface area contributed by atoms with E-state index in [0.29, 0.717) is 12.5 Å². The molecule has 0 bridgehead atoms. The van der Waals surface area contributed by atoms with Crippen molar-refractivity contribution >= 4 is 17.8 Å². The van der Waals surface area contributed by atoms with Crippen LogP contribution in [-0.2, 0) is 9.59 Å². The number of allylic oxidation sites excluding steroid dienone is 2. The van der Waals surface area contributed by atoms with Crippen LogP contribution in [0, 0.1) is 17.3 Å². The summed E-state index contributed by atoms with van der Waals surface area (Å²) < 4.78 is 0. The Morgan fingerprint density at radius 3 is 2.67 bits per heavy atom. The van der Waals surface area contributed by atoms with Crippen LogP contribution >= 0.6 is 0 Å². The maximum Gasteiger partial charge on any atom is 0.315 e. The molecule has 6 heteroatoms. The van der Waals surface area contributed by atoms with E-state index in [1.54, 1.807) is 0 Å². The Bertz CT molecular complexity index is 500. The van der Waals surface area contributed by atoms with Gasteiger partial charge in [-0.05, 0) is 38.5 Å². The number of carboxylic acids is 1. The lowest BCUT2D eigenvalue weighted by Crippen LogP contribution is -2.54. The minimum atomic E-state index is -0.836. The predicted octanol–water partition coefficient (Wildman–Crippen LogP) is 1.32. The lowest BCUT2D eigenvalue weighted by Gasteiger charge is -2.51. The van der Waals surface area contributed by atoms with Gasteiger partial charge in [0.2, 0.25) is 0 Å². The van der Waals surface area contributed by atoms with Crippen molar-refractivity contribution in [2.45, 2.75) is 33.1 Å². The number of rotatable bonds is 6. The van der Waals surface area contributed by atoms with Gasteiger partial charge < -0.3 is 15.7 Å². The molecule has 3 N–H and O–H groups in total. The molecule has 3 atom stereocenters. The zero-order valence-electron chi connectivity index (χ0n) is 12.4. The second-order valence-corrected chi connectivity index (χ2v) is 6.38. The Morgan fingerprint density at radius 1 is 1.38 bits per heavy atom. The zero-order valence-corrected chi connectivity index (χ0v) is 12.4. The predicted molar refractivity (Wildman–Crippen MR) is 76.7 cm³/mol. The van der Waals surface area contributed by atoms with E-state index in [1.165, 1.54) is 12.5 Å². The number of fused-ring (bicyclic) bond motifs is 1. The Balaban J connectivity index is 1.94. The topological polar surface area (TPSA) is 95.5 Å². The molecule has 0 aromatic heterocycles. The summed E-state index contributed by atoms with van der Waals surface area (Å²) in [4.78, 5) is 33.6. The number of hydrogen-bond acceptors (Lipinski definition) is 3. The number of ketones is 1. The van der Waals surface area contributed by atoms with Gasteiger partial charge in [0, 0.05) is 12.0 Å². The highest BCUT2D eigenvalue weighted by molar-refractivity contribution is 5.83. The summed E-state index contributed by atoms with van der Waals surface area (Å²) >= 11 is 0. The molecular weight excluding hydrogens is 272 g/mol. The number of Topliss-reactive ketones (excluding diaryl/α,β-unsaturated/α-hetero) is 1. The maximum atomic E-state index is 11.6. The van der Waals surface area contributed by atoms with E-state index in [2.05, 4.69) is 23.6 Å². The number of nitrogens with one attached hydrogen (secondary N) is 2. The molecule has 116 valence electrons. The van der Waals surface area contributed by atoms with Crippen LogP contribution in [0.5, 0.6) is 0 Å². The number of amides is 2. The van der Waals surface area contributed by atoms with Gasteiger partial charge in [0.25, 0.3) is 0 Å². The van der Waals surface area contributed by atoms with Crippen LogP contribution < -0.4 is 10.6 Å². The molecule has 1 saturated carbocycles. The minimum absolute atomic E-state index is 0.0111. The summed E-state index contributed by atoms with van der Waals surface area (Å²) in [6, 6.07) is -0.419. The van der Waals surface area contributed by atoms with E-state index in [-0.39, 0.29) is 30.1 Å². The lowest BCUT2D eigenvalue weighted by atomic mass is 9.53. The number of urea groups is 1. The first-order valence-corrected chi connectivity index (χ1v) is 7.22. The molecule has 0 heterocycles. The van der Waals surface area contributed by atoms with Crippen molar-refractivity contribution in [3.8, 4) is 0 Å². The molecule has 2 aliphatic rings. The normalized spacial score (nSPS) is 29.9. The molecule has 0 spiro atoms. The molecular formula is C15H22N2O4. The van der Waals surface area contributed by atoms with Gasteiger partial charge >= 0.3 is 12.0 Å². The maximum absolute atomic E-state index is 11.6. The summed E-state index contributed by atoms with van der Waals surface area (Å²) in [5.74, 6) is -0.200. The van der Waals surface area contributed by atoms with E-state index in [1.807, 2.05) is 0 Å². The Kier molecular flexibility index (Phi) is 4.34. The van der Waals surface area contributed by atoms with Crippen molar-refractivity contribution in [2.24, 2.45) is 17.3 Å². The van der Waals surface area contributed by atoms with Crippen LogP contribution in [0.1, 0.15) is 33.1 Å². The number of carbonyl (C=O) groups is 3. The fraction of sp³-hybridized carbons (Fsp3) is 0.667. The third kappa shape index (κ3) is 3.43. The number of carboxylic acid groups (broad SMARTS) is 1. The van der Waals surface area contributed by atoms with Gasteiger partial charge in [-0.3, -0.25) is 9.59 Å². The molecule has 2 rings (SSSR count). The van der Waals surface area contributed by atoms with Crippen LogP contribution in [-0.4, -0.2) is 36.0 Å². The summed E-state index contributed by atoms with van der Waals surface area (Å²) in [7, 11) is 0. The van der Waals surface area contributed by atoms with Crippen molar-refractivity contribution in [2.75, 3.05) is 13.1 Å². The highest BCUT2D eigenvalue weighted by atomic mass is 16.4. The average Bonchev–Trinajstić information content (AvgIpc) is 2.68. The number of aliphatic carboxylic acids is 1. The van der Waals surface area contributed by atoms with Crippen molar-refractivity contribution in [3.05, 3.63) is 11.6 Å². The molecule has 0 radical (unpaired) electrons. The molecule has 2 amide bonds. The third-order valence-corrected chi connectivity index (χ3v) is 4.53. The number of carbonyl (C=O) groups excluding carboxylic acids is 2. The third-order valence-electron chi connectivity index (χ3n) is 4.53. The molecule has 0 aromatic carbocycles. The molecule has 0 saturated heterocycles. The van der Waals surface area contributed by atoms with Gasteiger partial charge in [-0.25, -0.2) is 4.79 Å². The molecule has 2 aliphatic carbocycles. The van der Waals surface area contributed by atoms with Crippen LogP contribution in [0.25, 0.3) is 0 Å². The van der Waals surface area contributed by atoms with Gasteiger partial charge in [-0.2, -0.15) is 0 Å². The first-order chi connectivity index (χ1) is 9.82. The quantitative estimate of drug-likeness (QED) is 0.644. The Hall–Kier alpha value is -1.85. The van der Waals surface area contributed by atoms with E-state index < -0.39 is 12.0 Å². The largest absolute Gasteiger partial charge is 0.481 e. The highest BCUT2D eigenvalue weighted by Crippen LogP contribution is 2.59. The second-order valence-electron chi connectivity index (χ2n) is 6.38. The Labute approximate surface area is 124 Å². The van der Waals surface area contributed by atoms with E-state index in [4.69, 9.17) is 5.11 Å². The van der Waals surface area contributed by atoms with Crippen LogP contribution in [0.15, 0.2) is 11.6 Å². The fourth-order valence-corrected chi connectivity index (χ4v) is 3.69. The standard InChI is InChI=1S/C15H22N2O4/c1-9-3-11-5-15(6-13(19)20,12(11)4-9)8-17-14(21)16-7-10(2)18/h4,11-12H,3,5-8H2,1-2H3,(H,19,20)(H2,16,17,21). The van der Waals surface area contributed by atoms with Gasteiger partial charge in [0.1, 0.15) is 5.78 Å². The zero-order chi connectivity index (χ0) is 15.6. The minimum Gasteiger partial charge on any atom is -0.481 e. The van der Waals surface area contributed by atoms with Crippen LogP contribution in [0.3, 0.4) is 0 Å². The highest BCUT2D eigenvalue weighted by Gasteiger charge is 2.55. The summed E-state index contributed by atoms with van der Waals surface area (Å²) in [6.07, 6.45) is 4.07. The van der Waals surface area contributed by atoms with Crippen molar-refractivity contribution in [1.82, 2.24) is 10.6 Å². The smallest absolute Gasteiger partial charge is 0.315 e. The van der Waals surface area contributed by atoms with Crippen LogP contribution in [0.2, 0.25) is 0 Å². The molecule has 0 aliphatic heterocycles. The van der Waals surface area contributed by atoms with Crippen LogP contribution in [0.4, 0.5) is 4.79 Å². The van der Waals surface area contributed by atoms with Gasteiger partial charge in [0.15, 0.2) is 0 Å².